The molecule has 0 heterocycles. The van der Waals surface area contributed by atoms with Crippen LogP contribution in [0.5, 0.6) is 0 Å². The molecule has 0 saturated carbocycles. The highest BCUT2D eigenvalue weighted by atomic mass is 32.2. The van der Waals surface area contributed by atoms with E-state index in [0.717, 1.165) is 5.56 Å². The van der Waals surface area contributed by atoms with Gasteiger partial charge in [0.05, 0.1) is 10.8 Å². The summed E-state index contributed by atoms with van der Waals surface area (Å²) < 4.78 is 26.0. The van der Waals surface area contributed by atoms with Crippen molar-refractivity contribution in [1.82, 2.24) is 9.62 Å². The summed E-state index contributed by atoms with van der Waals surface area (Å²) in [6, 6.07) is 16.3. The van der Waals surface area contributed by atoms with Crippen LogP contribution in [-0.4, -0.2) is 32.7 Å². The van der Waals surface area contributed by atoms with E-state index >= 15 is 0 Å². The summed E-state index contributed by atoms with van der Waals surface area (Å²) in [6.45, 7) is 2.13. The van der Waals surface area contributed by atoms with Crippen LogP contribution in [0.4, 0.5) is 0 Å². The van der Waals surface area contributed by atoms with E-state index in [4.69, 9.17) is 0 Å². The monoisotopic (exact) mass is 360 g/mol. The van der Waals surface area contributed by atoms with Crippen LogP contribution in [0, 0.1) is 0 Å². The van der Waals surface area contributed by atoms with Crippen LogP contribution in [-0.2, 0) is 21.4 Å². The van der Waals surface area contributed by atoms with Crippen molar-refractivity contribution in [3.05, 3.63) is 65.7 Å². The average molecular weight is 360 g/mol. The lowest BCUT2D eigenvalue weighted by atomic mass is 9.95. The summed E-state index contributed by atoms with van der Waals surface area (Å²) in [5, 5.41) is 2.88. The first kappa shape index (κ1) is 19.1. The first-order chi connectivity index (χ1) is 11.9. The Morgan fingerprint density at radius 1 is 1.04 bits per heavy atom. The van der Waals surface area contributed by atoms with Crippen LogP contribution in [0.25, 0.3) is 0 Å². The molecule has 0 bridgehead atoms. The third kappa shape index (κ3) is 4.46. The molecule has 0 aliphatic heterocycles. The van der Waals surface area contributed by atoms with Crippen LogP contribution in [0.2, 0.25) is 0 Å². The zero-order valence-corrected chi connectivity index (χ0v) is 15.6. The Labute approximate surface area is 149 Å². The molecule has 0 fully saturated rings. The van der Waals surface area contributed by atoms with Gasteiger partial charge in [-0.15, -0.1) is 0 Å². The molecule has 2 aromatic carbocycles. The molecule has 6 heteroatoms. The van der Waals surface area contributed by atoms with E-state index in [1.165, 1.54) is 18.4 Å². The lowest BCUT2D eigenvalue weighted by Gasteiger charge is -2.18. The number of nitrogens with one attached hydrogen (secondary N) is 1. The maximum Gasteiger partial charge on any atom is 0.242 e. The summed E-state index contributed by atoms with van der Waals surface area (Å²) in [5.41, 5.74) is 1.53. The number of carbonyl (C=O) groups excluding carboxylic acids is 1. The fourth-order valence-electron chi connectivity index (χ4n) is 2.66. The van der Waals surface area contributed by atoms with Gasteiger partial charge in [0.1, 0.15) is 0 Å². The number of benzene rings is 2. The van der Waals surface area contributed by atoms with Crippen molar-refractivity contribution in [2.45, 2.75) is 30.7 Å². The summed E-state index contributed by atoms with van der Waals surface area (Å²) >= 11 is 0. The SMILES string of the molecule is CCC(C(=O)NCc1ccccc1S(=O)(=O)N(C)C)c1ccccc1. The predicted molar refractivity (Wildman–Crippen MR) is 98.6 cm³/mol. The molecule has 0 aliphatic rings. The molecular weight excluding hydrogens is 336 g/mol. The highest BCUT2D eigenvalue weighted by Gasteiger charge is 2.22. The Morgan fingerprint density at radius 2 is 1.64 bits per heavy atom. The van der Waals surface area contributed by atoms with Crippen LogP contribution in [0.15, 0.2) is 59.5 Å². The second-order valence-corrected chi connectivity index (χ2v) is 8.10. The lowest BCUT2D eigenvalue weighted by molar-refractivity contribution is -0.122. The number of hydrogen-bond acceptors (Lipinski definition) is 3. The van der Waals surface area contributed by atoms with Crippen molar-refractivity contribution in [1.29, 1.82) is 0 Å². The summed E-state index contributed by atoms with van der Waals surface area (Å²) in [5.74, 6) is -0.357. The summed E-state index contributed by atoms with van der Waals surface area (Å²) in [4.78, 5) is 12.8. The van der Waals surface area contributed by atoms with Crippen molar-refractivity contribution in [2.24, 2.45) is 0 Å². The normalized spacial score (nSPS) is 12.8. The molecule has 0 aromatic heterocycles. The van der Waals surface area contributed by atoms with Gasteiger partial charge in [-0.3, -0.25) is 4.79 Å². The second-order valence-electron chi connectivity index (χ2n) is 5.98. The molecule has 1 unspecified atom stereocenters. The zero-order valence-electron chi connectivity index (χ0n) is 14.8. The molecule has 0 radical (unpaired) electrons. The molecule has 1 N–H and O–H groups in total. The van der Waals surface area contributed by atoms with E-state index in [1.807, 2.05) is 37.3 Å². The number of nitrogens with zero attached hydrogens (tertiary/aromatic N) is 1. The van der Waals surface area contributed by atoms with Gasteiger partial charge in [-0.1, -0.05) is 55.5 Å². The van der Waals surface area contributed by atoms with Gasteiger partial charge in [0, 0.05) is 20.6 Å². The molecule has 2 rings (SSSR count). The van der Waals surface area contributed by atoms with Gasteiger partial charge in [-0.25, -0.2) is 12.7 Å². The minimum Gasteiger partial charge on any atom is -0.351 e. The van der Waals surface area contributed by atoms with E-state index < -0.39 is 10.0 Å². The number of amides is 1. The number of carbonyl (C=O) groups is 1. The van der Waals surface area contributed by atoms with Crippen molar-refractivity contribution in [3.8, 4) is 0 Å². The molecule has 5 nitrogen and oxygen atoms in total. The molecule has 2 aromatic rings. The molecule has 0 saturated heterocycles. The Kier molecular flexibility index (Phi) is 6.33. The Bertz CT molecular complexity index is 818. The van der Waals surface area contributed by atoms with Gasteiger partial charge in [-0.05, 0) is 23.6 Å². The minimum atomic E-state index is -3.55. The van der Waals surface area contributed by atoms with E-state index in [9.17, 15) is 13.2 Å². The topological polar surface area (TPSA) is 66.5 Å². The fraction of sp³-hybridized carbons (Fsp3) is 0.316. The van der Waals surface area contributed by atoms with Gasteiger partial charge in [0.15, 0.2) is 0 Å². The van der Waals surface area contributed by atoms with Crippen LogP contribution in [0.3, 0.4) is 0 Å². The highest BCUT2D eigenvalue weighted by Crippen LogP contribution is 2.21. The molecule has 1 amide bonds. The standard InChI is InChI=1S/C19H24N2O3S/c1-4-17(15-10-6-5-7-11-15)19(22)20-14-16-12-8-9-13-18(16)25(23,24)21(2)3/h5-13,17H,4,14H2,1-3H3,(H,20,22). The quantitative estimate of drug-likeness (QED) is 0.826. The maximum atomic E-state index is 12.6. The van der Waals surface area contributed by atoms with Gasteiger partial charge in [0.25, 0.3) is 0 Å². The van der Waals surface area contributed by atoms with E-state index in [-0.39, 0.29) is 23.3 Å². The number of hydrogen-bond donors (Lipinski definition) is 1. The van der Waals surface area contributed by atoms with Crippen LogP contribution >= 0.6 is 0 Å². The molecule has 0 aliphatic carbocycles. The highest BCUT2D eigenvalue weighted by molar-refractivity contribution is 7.89. The predicted octanol–water partition coefficient (Wildman–Crippen LogP) is 2.75. The first-order valence-electron chi connectivity index (χ1n) is 8.21. The smallest absolute Gasteiger partial charge is 0.242 e. The van der Waals surface area contributed by atoms with Gasteiger partial charge < -0.3 is 5.32 Å². The molecular formula is C19H24N2O3S. The van der Waals surface area contributed by atoms with Crippen molar-refractivity contribution < 1.29 is 13.2 Å². The van der Waals surface area contributed by atoms with Crippen LogP contribution < -0.4 is 5.32 Å². The molecule has 25 heavy (non-hydrogen) atoms. The van der Waals surface area contributed by atoms with Crippen molar-refractivity contribution >= 4 is 15.9 Å². The second kappa shape index (κ2) is 8.27. The van der Waals surface area contributed by atoms with E-state index in [0.29, 0.717) is 12.0 Å². The average Bonchev–Trinajstić information content (AvgIpc) is 2.61. The largest absolute Gasteiger partial charge is 0.351 e. The maximum absolute atomic E-state index is 12.6. The van der Waals surface area contributed by atoms with E-state index in [2.05, 4.69) is 5.32 Å². The van der Waals surface area contributed by atoms with Gasteiger partial charge in [-0.2, -0.15) is 0 Å². The third-order valence-electron chi connectivity index (χ3n) is 4.11. The Morgan fingerprint density at radius 3 is 2.24 bits per heavy atom. The van der Waals surface area contributed by atoms with Gasteiger partial charge >= 0.3 is 0 Å². The summed E-state index contributed by atoms with van der Waals surface area (Å²) in [7, 11) is -0.565. The number of sulfonamides is 1. The fourth-order valence-corrected chi connectivity index (χ4v) is 3.78. The Balaban J connectivity index is 2.18. The van der Waals surface area contributed by atoms with Crippen molar-refractivity contribution in [3.63, 3.8) is 0 Å². The third-order valence-corrected chi connectivity index (χ3v) is 6.03. The molecule has 134 valence electrons. The minimum absolute atomic E-state index is 0.106. The van der Waals surface area contributed by atoms with Crippen LogP contribution in [0.1, 0.15) is 30.4 Å². The van der Waals surface area contributed by atoms with E-state index in [1.54, 1.807) is 24.3 Å². The Hall–Kier alpha value is -2.18. The van der Waals surface area contributed by atoms with Gasteiger partial charge in [0.2, 0.25) is 15.9 Å². The lowest BCUT2D eigenvalue weighted by Crippen LogP contribution is -2.30. The molecule has 1 atom stereocenters. The summed E-state index contributed by atoms with van der Waals surface area (Å²) in [6.07, 6.45) is 0.674. The molecule has 0 spiro atoms. The van der Waals surface area contributed by atoms with Crippen molar-refractivity contribution in [2.75, 3.05) is 14.1 Å². The first-order valence-corrected chi connectivity index (χ1v) is 9.65. The number of rotatable bonds is 7. The zero-order chi connectivity index (χ0) is 18.4.